The molecule has 0 spiro atoms. The van der Waals surface area contributed by atoms with Crippen molar-refractivity contribution in [2.75, 3.05) is 43.1 Å². The molecule has 0 atom stereocenters. The van der Waals surface area contributed by atoms with Crippen LogP contribution in [-0.4, -0.2) is 54.8 Å². The second-order valence-electron chi connectivity index (χ2n) is 7.29. The van der Waals surface area contributed by atoms with Crippen molar-refractivity contribution in [3.05, 3.63) is 64.6 Å². The van der Waals surface area contributed by atoms with Crippen molar-refractivity contribution in [2.45, 2.75) is 6.92 Å². The van der Waals surface area contributed by atoms with Crippen molar-refractivity contribution in [1.29, 1.82) is 0 Å². The molecular formula is C23H23N3O4S. The van der Waals surface area contributed by atoms with Gasteiger partial charge in [0.15, 0.2) is 0 Å². The molecule has 2 saturated heterocycles. The first-order valence-electron chi connectivity index (χ1n) is 10.1. The smallest absolute Gasteiger partial charge is 0.294 e. The predicted molar refractivity (Wildman–Crippen MR) is 122 cm³/mol. The third-order valence-corrected chi connectivity index (χ3v) is 6.09. The lowest BCUT2D eigenvalue weighted by Crippen LogP contribution is -2.38. The summed E-state index contributed by atoms with van der Waals surface area (Å²) in [6.45, 7) is 4.35. The van der Waals surface area contributed by atoms with E-state index >= 15 is 0 Å². The molecule has 8 heteroatoms. The van der Waals surface area contributed by atoms with Crippen LogP contribution in [0, 0.1) is 6.92 Å². The number of rotatable bonds is 5. The van der Waals surface area contributed by atoms with E-state index in [0.29, 0.717) is 23.8 Å². The molecule has 0 saturated carbocycles. The first-order valence-corrected chi connectivity index (χ1v) is 10.9. The van der Waals surface area contributed by atoms with Crippen molar-refractivity contribution in [3.8, 4) is 0 Å². The van der Waals surface area contributed by atoms with Crippen LogP contribution in [0.2, 0.25) is 0 Å². The SMILES string of the molecule is Cc1ccccc1/C=C1/SC(=O)N(CC(=O)Nc2ccccc2N2CCOCC2)C1=O. The number of imide groups is 1. The Morgan fingerprint density at radius 2 is 1.81 bits per heavy atom. The van der Waals surface area contributed by atoms with Crippen LogP contribution < -0.4 is 10.2 Å². The highest BCUT2D eigenvalue weighted by Gasteiger charge is 2.36. The maximum absolute atomic E-state index is 12.7. The molecule has 2 aliphatic heterocycles. The predicted octanol–water partition coefficient (Wildman–Crippen LogP) is 3.51. The second kappa shape index (κ2) is 9.36. The fraction of sp³-hybridized carbons (Fsp3) is 0.261. The maximum atomic E-state index is 12.7. The van der Waals surface area contributed by atoms with Gasteiger partial charge in [0.1, 0.15) is 6.54 Å². The lowest BCUT2D eigenvalue weighted by Gasteiger charge is -2.30. The summed E-state index contributed by atoms with van der Waals surface area (Å²) in [6, 6.07) is 15.1. The molecule has 0 bridgehead atoms. The van der Waals surface area contributed by atoms with E-state index in [1.54, 1.807) is 6.08 Å². The molecule has 2 fully saturated rings. The van der Waals surface area contributed by atoms with Crippen molar-refractivity contribution < 1.29 is 19.1 Å². The molecule has 160 valence electrons. The lowest BCUT2D eigenvalue weighted by atomic mass is 10.1. The number of morpholine rings is 1. The van der Waals surface area contributed by atoms with Crippen LogP contribution in [0.15, 0.2) is 53.4 Å². The first-order chi connectivity index (χ1) is 15.0. The number of benzene rings is 2. The number of aryl methyl sites for hydroxylation is 1. The number of nitrogens with one attached hydrogen (secondary N) is 1. The minimum atomic E-state index is -0.449. The molecule has 2 aromatic carbocycles. The Balaban J connectivity index is 1.45. The Hall–Kier alpha value is -3.10. The van der Waals surface area contributed by atoms with Gasteiger partial charge < -0.3 is 15.0 Å². The summed E-state index contributed by atoms with van der Waals surface area (Å²) in [7, 11) is 0. The number of carbonyl (C=O) groups is 3. The van der Waals surface area contributed by atoms with Crippen molar-refractivity contribution in [1.82, 2.24) is 4.90 Å². The average Bonchev–Trinajstić information content (AvgIpc) is 3.03. The summed E-state index contributed by atoms with van der Waals surface area (Å²) in [6.07, 6.45) is 1.70. The van der Waals surface area contributed by atoms with E-state index < -0.39 is 17.1 Å². The van der Waals surface area contributed by atoms with Crippen LogP contribution in [0.4, 0.5) is 16.2 Å². The molecule has 31 heavy (non-hydrogen) atoms. The molecule has 2 aromatic rings. The van der Waals surface area contributed by atoms with Gasteiger partial charge in [-0.05, 0) is 48.0 Å². The summed E-state index contributed by atoms with van der Waals surface area (Å²) in [5.74, 6) is -0.866. The van der Waals surface area contributed by atoms with Crippen LogP contribution in [0.1, 0.15) is 11.1 Å². The monoisotopic (exact) mass is 437 g/mol. The molecule has 0 aromatic heterocycles. The highest BCUT2D eigenvalue weighted by molar-refractivity contribution is 8.18. The van der Waals surface area contributed by atoms with Crippen molar-refractivity contribution in [3.63, 3.8) is 0 Å². The van der Waals surface area contributed by atoms with Gasteiger partial charge in [0.05, 0.1) is 29.5 Å². The average molecular weight is 438 g/mol. The van der Waals surface area contributed by atoms with E-state index in [2.05, 4.69) is 10.2 Å². The van der Waals surface area contributed by atoms with E-state index in [9.17, 15) is 14.4 Å². The zero-order valence-corrected chi connectivity index (χ0v) is 18.0. The number of para-hydroxylation sites is 2. The molecule has 2 heterocycles. The number of ether oxygens (including phenoxy) is 1. The number of amides is 3. The van der Waals surface area contributed by atoms with Gasteiger partial charge >= 0.3 is 0 Å². The van der Waals surface area contributed by atoms with Gasteiger partial charge in [-0.25, -0.2) is 0 Å². The minimum absolute atomic E-state index is 0.320. The molecule has 3 amide bonds. The zero-order valence-electron chi connectivity index (χ0n) is 17.2. The highest BCUT2D eigenvalue weighted by Crippen LogP contribution is 2.33. The Morgan fingerprint density at radius 3 is 2.58 bits per heavy atom. The number of anilines is 2. The van der Waals surface area contributed by atoms with Crippen molar-refractivity contribution in [2.24, 2.45) is 0 Å². The van der Waals surface area contributed by atoms with E-state index in [1.165, 1.54) is 0 Å². The molecule has 0 aliphatic carbocycles. The van der Waals surface area contributed by atoms with Crippen molar-refractivity contribution >= 4 is 46.3 Å². The van der Waals surface area contributed by atoms with Crippen LogP contribution in [0.25, 0.3) is 6.08 Å². The molecular weight excluding hydrogens is 414 g/mol. The van der Waals surface area contributed by atoms with Crippen LogP contribution in [0.3, 0.4) is 0 Å². The third-order valence-electron chi connectivity index (χ3n) is 5.18. The van der Waals surface area contributed by atoms with Gasteiger partial charge in [0, 0.05) is 13.1 Å². The zero-order chi connectivity index (χ0) is 21.8. The van der Waals surface area contributed by atoms with Gasteiger partial charge in [-0.2, -0.15) is 0 Å². The number of hydrogen-bond acceptors (Lipinski definition) is 6. The number of nitrogens with zero attached hydrogens (tertiary/aromatic N) is 2. The van der Waals surface area contributed by atoms with Crippen LogP contribution >= 0.6 is 11.8 Å². The largest absolute Gasteiger partial charge is 0.378 e. The summed E-state index contributed by atoms with van der Waals surface area (Å²) in [5, 5.41) is 2.41. The van der Waals surface area contributed by atoms with E-state index in [-0.39, 0.29) is 6.54 Å². The highest BCUT2D eigenvalue weighted by atomic mass is 32.2. The number of hydrogen-bond donors (Lipinski definition) is 1. The molecule has 1 N–H and O–H groups in total. The number of thioether (sulfide) groups is 1. The molecule has 4 rings (SSSR count). The topological polar surface area (TPSA) is 79.0 Å². The Bertz CT molecular complexity index is 1050. The van der Waals surface area contributed by atoms with Crippen LogP contribution in [-0.2, 0) is 14.3 Å². The van der Waals surface area contributed by atoms with Gasteiger partial charge in [-0.1, -0.05) is 36.4 Å². The minimum Gasteiger partial charge on any atom is -0.378 e. The maximum Gasteiger partial charge on any atom is 0.294 e. The normalized spacial score (nSPS) is 18.0. The molecule has 7 nitrogen and oxygen atoms in total. The summed E-state index contributed by atoms with van der Waals surface area (Å²) >= 11 is 0.856. The van der Waals surface area contributed by atoms with E-state index in [0.717, 1.165) is 46.6 Å². The van der Waals surface area contributed by atoms with Gasteiger partial charge in [-0.3, -0.25) is 19.3 Å². The Labute approximate surface area is 185 Å². The molecule has 2 aliphatic rings. The van der Waals surface area contributed by atoms with E-state index in [1.807, 2.05) is 55.5 Å². The standard InChI is InChI=1S/C23H23N3O4S/c1-16-6-2-3-7-17(16)14-20-22(28)26(23(29)31-20)15-21(27)24-18-8-4-5-9-19(18)25-10-12-30-13-11-25/h2-9,14H,10-13,15H2,1H3,(H,24,27)/b20-14+. The first kappa shape index (κ1) is 21.1. The molecule has 0 unspecified atom stereocenters. The quantitative estimate of drug-likeness (QED) is 0.722. The third kappa shape index (κ3) is 4.81. The molecule has 0 radical (unpaired) electrons. The van der Waals surface area contributed by atoms with Gasteiger partial charge in [0.2, 0.25) is 5.91 Å². The summed E-state index contributed by atoms with van der Waals surface area (Å²) < 4.78 is 5.40. The Kier molecular flexibility index (Phi) is 6.39. The summed E-state index contributed by atoms with van der Waals surface area (Å²) in [5.41, 5.74) is 3.42. The van der Waals surface area contributed by atoms with Crippen LogP contribution in [0.5, 0.6) is 0 Å². The van der Waals surface area contributed by atoms with Gasteiger partial charge in [0.25, 0.3) is 11.1 Å². The lowest BCUT2D eigenvalue weighted by molar-refractivity contribution is -0.127. The summed E-state index contributed by atoms with van der Waals surface area (Å²) in [4.78, 5) is 41.3. The fourth-order valence-corrected chi connectivity index (χ4v) is 4.35. The second-order valence-corrected chi connectivity index (χ2v) is 8.28. The fourth-order valence-electron chi connectivity index (χ4n) is 3.52. The number of carbonyl (C=O) groups excluding carboxylic acids is 3. The van der Waals surface area contributed by atoms with E-state index in [4.69, 9.17) is 4.74 Å². The Morgan fingerprint density at radius 1 is 1.10 bits per heavy atom. The van der Waals surface area contributed by atoms with Gasteiger partial charge in [-0.15, -0.1) is 0 Å².